The highest BCUT2D eigenvalue weighted by molar-refractivity contribution is 7.47. The van der Waals surface area contributed by atoms with Gasteiger partial charge in [-0.25, -0.2) is 4.57 Å². The first kappa shape index (κ1) is 43.5. The normalized spacial score (nSPS) is 15.4. The van der Waals surface area contributed by atoms with Crippen LogP contribution >= 0.6 is 7.82 Å². The van der Waals surface area contributed by atoms with E-state index in [4.69, 9.17) is 9.05 Å². The summed E-state index contributed by atoms with van der Waals surface area (Å²) in [6.07, 6.45) is 33.2. The molecule has 3 N–H and O–H groups in total. The molecule has 3 unspecified atom stereocenters. The van der Waals surface area contributed by atoms with Crippen LogP contribution in [0.15, 0.2) is 48.6 Å². The van der Waals surface area contributed by atoms with Gasteiger partial charge in [0.1, 0.15) is 13.2 Å². The number of nitrogens with one attached hydrogen (secondary N) is 1. The molecule has 0 heterocycles. The number of quaternary nitrogens is 1. The molecule has 0 aromatic carbocycles. The van der Waals surface area contributed by atoms with Crippen molar-refractivity contribution in [1.29, 1.82) is 0 Å². The monoisotopic (exact) mass is 655 g/mol. The van der Waals surface area contributed by atoms with Gasteiger partial charge in [-0.05, 0) is 64.2 Å². The van der Waals surface area contributed by atoms with E-state index in [-0.39, 0.29) is 19.1 Å². The van der Waals surface area contributed by atoms with Crippen LogP contribution in [0.1, 0.15) is 123 Å². The van der Waals surface area contributed by atoms with Gasteiger partial charge in [0.15, 0.2) is 0 Å². The fourth-order valence-corrected chi connectivity index (χ4v) is 5.08. The number of hydrogen-bond acceptors (Lipinski definition) is 5. The van der Waals surface area contributed by atoms with Crippen molar-refractivity contribution in [2.75, 3.05) is 40.9 Å². The number of likely N-dealkylation sites (N-methyl/N-ethyl adjacent to an activating group) is 1. The summed E-state index contributed by atoms with van der Waals surface area (Å²) in [6, 6.07) is -0.871. The van der Waals surface area contributed by atoms with Gasteiger partial charge in [0.05, 0.1) is 39.9 Å². The largest absolute Gasteiger partial charge is 0.472 e. The molecule has 9 heteroatoms. The van der Waals surface area contributed by atoms with Gasteiger partial charge in [-0.2, -0.15) is 0 Å². The molecule has 0 aromatic heterocycles. The van der Waals surface area contributed by atoms with E-state index in [0.717, 1.165) is 70.6 Å². The molecule has 0 fully saturated rings. The van der Waals surface area contributed by atoms with E-state index in [1.165, 1.54) is 32.1 Å². The molecule has 0 saturated carbocycles. The Morgan fingerprint density at radius 3 is 1.82 bits per heavy atom. The Morgan fingerprint density at radius 2 is 1.24 bits per heavy atom. The topological polar surface area (TPSA) is 105 Å². The van der Waals surface area contributed by atoms with Crippen LogP contribution in [0.3, 0.4) is 0 Å². The summed E-state index contributed by atoms with van der Waals surface area (Å²) in [5.74, 6) is -0.211. The maximum atomic E-state index is 12.7. The van der Waals surface area contributed by atoms with Crippen molar-refractivity contribution in [2.24, 2.45) is 0 Å². The fraction of sp³-hybridized carbons (Fsp3) is 0.750. The molecule has 0 spiro atoms. The quantitative estimate of drug-likeness (QED) is 0.0310. The maximum absolute atomic E-state index is 12.7. The molecule has 3 atom stereocenters. The van der Waals surface area contributed by atoms with Crippen LogP contribution in [-0.2, 0) is 18.4 Å². The van der Waals surface area contributed by atoms with Crippen LogP contribution in [-0.4, -0.2) is 73.4 Å². The summed E-state index contributed by atoms with van der Waals surface area (Å²) in [7, 11) is 1.53. The third-order valence-electron chi connectivity index (χ3n) is 7.25. The number of phosphoric ester groups is 1. The summed E-state index contributed by atoms with van der Waals surface area (Å²) in [4.78, 5) is 22.9. The Balaban J connectivity index is 4.73. The summed E-state index contributed by atoms with van der Waals surface area (Å²) in [5, 5.41) is 13.6. The van der Waals surface area contributed by atoms with Gasteiger partial charge in [-0.1, -0.05) is 101 Å². The summed E-state index contributed by atoms with van der Waals surface area (Å²) in [6.45, 7) is 4.65. The number of phosphoric acid groups is 1. The van der Waals surface area contributed by atoms with E-state index in [9.17, 15) is 19.4 Å². The number of amides is 1. The minimum Gasteiger partial charge on any atom is -0.387 e. The molecule has 0 saturated heterocycles. The van der Waals surface area contributed by atoms with Gasteiger partial charge in [0.25, 0.3) is 0 Å². The molecule has 262 valence electrons. The van der Waals surface area contributed by atoms with E-state index in [1.54, 1.807) is 6.08 Å². The summed E-state index contributed by atoms with van der Waals surface area (Å²) >= 11 is 0. The lowest BCUT2D eigenvalue weighted by Crippen LogP contribution is -2.45. The first-order valence-corrected chi connectivity index (χ1v) is 19.0. The zero-order chi connectivity index (χ0) is 33.7. The average Bonchev–Trinajstić information content (AvgIpc) is 2.97. The lowest BCUT2D eigenvalue weighted by Gasteiger charge is -2.25. The van der Waals surface area contributed by atoms with Gasteiger partial charge >= 0.3 is 7.82 Å². The number of hydrogen-bond donors (Lipinski definition) is 3. The molecule has 8 nitrogen and oxygen atoms in total. The van der Waals surface area contributed by atoms with Crippen molar-refractivity contribution in [1.82, 2.24) is 5.32 Å². The van der Waals surface area contributed by atoms with Crippen LogP contribution in [0.5, 0.6) is 0 Å². The zero-order valence-electron chi connectivity index (χ0n) is 29.3. The van der Waals surface area contributed by atoms with Gasteiger partial charge in [0.2, 0.25) is 5.91 Å². The lowest BCUT2D eigenvalue weighted by molar-refractivity contribution is -0.870. The van der Waals surface area contributed by atoms with Crippen molar-refractivity contribution < 1.29 is 32.9 Å². The van der Waals surface area contributed by atoms with Gasteiger partial charge in [-0.3, -0.25) is 13.8 Å². The fourth-order valence-electron chi connectivity index (χ4n) is 4.34. The highest BCUT2D eigenvalue weighted by Crippen LogP contribution is 2.43. The molecule has 0 radical (unpaired) electrons. The van der Waals surface area contributed by atoms with Crippen LogP contribution in [0, 0.1) is 0 Å². The molecule has 0 rings (SSSR count). The Morgan fingerprint density at radius 1 is 0.733 bits per heavy atom. The second-order valence-electron chi connectivity index (χ2n) is 12.9. The number of aliphatic hydroxyl groups is 1. The predicted octanol–water partition coefficient (Wildman–Crippen LogP) is 8.57. The molecule has 1 amide bonds. The van der Waals surface area contributed by atoms with E-state index in [2.05, 4.69) is 55.6 Å². The predicted molar refractivity (Wildman–Crippen MR) is 189 cm³/mol. The Labute approximate surface area is 276 Å². The maximum Gasteiger partial charge on any atom is 0.472 e. The Bertz CT molecular complexity index is 881. The standard InChI is InChI=1S/C36H67N2O6P/c1-6-8-10-12-14-16-18-19-20-21-23-25-27-29-35(39)34(33-44-45(41,42)43-32-31-38(3,4)5)37-36(40)30-28-26-24-22-17-15-13-11-9-7-2/h13-16,20-21,27,29,34-35,39H,6-12,17-19,22-26,28,30-33H2,1-5H3,(H-,37,40,41,42)/p+1/b15-13-,16-14+,21-20+,29-27+. The van der Waals surface area contributed by atoms with E-state index in [0.29, 0.717) is 17.4 Å². The van der Waals surface area contributed by atoms with Crippen molar-refractivity contribution in [2.45, 2.75) is 135 Å². The number of nitrogens with zero attached hydrogens (tertiary/aromatic N) is 1. The van der Waals surface area contributed by atoms with Gasteiger partial charge in [-0.15, -0.1) is 0 Å². The summed E-state index contributed by atoms with van der Waals surface area (Å²) in [5.41, 5.74) is 0. The molecule has 0 aliphatic rings. The van der Waals surface area contributed by atoms with Crippen molar-refractivity contribution >= 4 is 13.7 Å². The van der Waals surface area contributed by atoms with Crippen LogP contribution < -0.4 is 5.32 Å². The van der Waals surface area contributed by atoms with Gasteiger partial charge in [0, 0.05) is 6.42 Å². The third kappa shape index (κ3) is 30.9. The van der Waals surface area contributed by atoms with Crippen molar-refractivity contribution in [3.63, 3.8) is 0 Å². The lowest BCUT2D eigenvalue weighted by atomic mass is 10.1. The smallest absolute Gasteiger partial charge is 0.387 e. The highest BCUT2D eigenvalue weighted by atomic mass is 31.2. The highest BCUT2D eigenvalue weighted by Gasteiger charge is 2.27. The molecule has 45 heavy (non-hydrogen) atoms. The van der Waals surface area contributed by atoms with Crippen LogP contribution in [0.4, 0.5) is 0 Å². The number of allylic oxidation sites excluding steroid dienone is 7. The van der Waals surface area contributed by atoms with Crippen LogP contribution in [0.2, 0.25) is 0 Å². The molecule has 0 aliphatic heterocycles. The van der Waals surface area contributed by atoms with E-state index < -0.39 is 20.0 Å². The second kappa shape index (κ2) is 28.7. The molecule has 0 aromatic rings. The number of unbranched alkanes of at least 4 members (excludes halogenated alkanes) is 11. The van der Waals surface area contributed by atoms with Crippen molar-refractivity contribution in [3.8, 4) is 0 Å². The second-order valence-corrected chi connectivity index (χ2v) is 14.3. The minimum atomic E-state index is -4.34. The molecule has 0 aliphatic carbocycles. The SMILES string of the molecule is CCCC/C=C\CCCCCCC(=O)NC(COP(=O)(O)OCC[N+](C)(C)C)C(O)/C=C/CC/C=C/CC/C=C/CCCCC. The van der Waals surface area contributed by atoms with Gasteiger partial charge < -0.3 is 19.8 Å². The Hall–Kier alpha value is -1.54. The average molecular weight is 656 g/mol. The zero-order valence-corrected chi connectivity index (χ0v) is 30.2. The van der Waals surface area contributed by atoms with E-state index in [1.807, 2.05) is 27.2 Å². The minimum absolute atomic E-state index is 0.0497. The molecular weight excluding hydrogens is 587 g/mol. The van der Waals surface area contributed by atoms with Crippen LogP contribution in [0.25, 0.3) is 0 Å². The third-order valence-corrected chi connectivity index (χ3v) is 8.23. The molecular formula is C36H68N2O6P+. The first-order chi connectivity index (χ1) is 21.5. The number of aliphatic hydroxyl groups excluding tert-OH is 1. The first-order valence-electron chi connectivity index (χ1n) is 17.5. The molecule has 0 bridgehead atoms. The summed E-state index contributed by atoms with van der Waals surface area (Å²) < 4.78 is 23.3. The number of rotatable bonds is 30. The van der Waals surface area contributed by atoms with Crippen molar-refractivity contribution in [3.05, 3.63) is 48.6 Å². The Kier molecular flexibility index (Phi) is 27.7. The number of carbonyl (C=O) groups excluding carboxylic acids is 1. The van der Waals surface area contributed by atoms with E-state index >= 15 is 0 Å². The number of carbonyl (C=O) groups is 1.